The molecule has 1 aromatic heterocycles. The summed E-state index contributed by atoms with van der Waals surface area (Å²) >= 11 is 0. The summed E-state index contributed by atoms with van der Waals surface area (Å²) in [5, 5.41) is 2.70. The summed E-state index contributed by atoms with van der Waals surface area (Å²) < 4.78 is 0. The molecule has 0 saturated carbocycles. The van der Waals surface area contributed by atoms with Crippen LogP contribution in [-0.2, 0) is 0 Å². The van der Waals surface area contributed by atoms with Gasteiger partial charge < -0.3 is 4.90 Å². The van der Waals surface area contributed by atoms with E-state index in [1.165, 1.54) is 50.0 Å². The number of aromatic nitrogens is 1. The van der Waals surface area contributed by atoms with Gasteiger partial charge in [0.05, 0.1) is 11.4 Å². The zero-order chi connectivity index (χ0) is 27.8. The Morgan fingerprint density at radius 1 is 0.795 bits per heavy atom. The summed E-state index contributed by atoms with van der Waals surface area (Å²) in [6, 6.07) is 34.3. The third-order valence-corrected chi connectivity index (χ3v) is 6.93. The van der Waals surface area contributed by atoms with E-state index < -0.39 is 0 Å². The molecule has 1 heterocycles. The maximum atomic E-state index is 4.23. The Bertz CT molecular complexity index is 1580. The smallest absolute Gasteiger partial charge is 0.0698 e. The second kappa shape index (κ2) is 12.9. The Kier molecular flexibility index (Phi) is 9.12. The highest BCUT2D eigenvalue weighted by Gasteiger charge is 2.26. The van der Waals surface area contributed by atoms with E-state index in [9.17, 15) is 0 Å². The Labute approximate surface area is 234 Å². The Hall–Kier alpha value is -4.43. The van der Waals surface area contributed by atoms with Crippen molar-refractivity contribution in [2.45, 2.75) is 34.1 Å². The lowest BCUT2D eigenvalue weighted by molar-refractivity contribution is 1.19. The molecule has 0 atom stereocenters. The van der Waals surface area contributed by atoms with Crippen molar-refractivity contribution in [3.63, 3.8) is 0 Å². The highest BCUT2D eigenvalue weighted by Crippen LogP contribution is 2.52. The lowest BCUT2D eigenvalue weighted by atomic mass is 9.97. The van der Waals surface area contributed by atoms with Gasteiger partial charge in [-0.1, -0.05) is 112 Å². The van der Waals surface area contributed by atoms with Gasteiger partial charge in [0.1, 0.15) is 0 Å². The first-order valence-corrected chi connectivity index (χ1v) is 13.8. The highest BCUT2D eigenvalue weighted by molar-refractivity contribution is 6.18. The number of hydrogen-bond acceptors (Lipinski definition) is 2. The molecule has 0 radical (unpaired) electrons. The number of fused-ring (bicyclic) bond motifs is 3. The molecule has 1 aliphatic carbocycles. The van der Waals surface area contributed by atoms with E-state index in [2.05, 4.69) is 122 Å². The molecule has 6 rings (SSSR count). The molecule has 0 spiro atoms. The first-order valence-electron chi connectivity index (χ1n) is 13.8. The minimum Gasteiger partial charge on any atom is -0.344 e. The van der Waals surface area contributed by atoms with Gasteiger partial charge in [-0.2, -0.15) is 0 Å². The van der Waals surface area contributed by atoms with Crippen LogP contribution in [0.2, 0.25) is 0 Å². The molecule has 0 fully saturated rings. The summed E-state index contributed by atoms with van der Waals surface area (Å²) in [5.74, 6) is 0. The zero-order valence-electron chi connectivity index (χ0n) is 23.8. The van der Waals surface area contributed by atoms with Gasteiger partial charge in [0, 0.05) is 24.5 Å². The first kappa shape index (κ1) is 27.6. The molecule has 0 saturated heterocycles. The fourth-order valence-corrected chi connectivity index (χ4v) is 5.23. The second-order valence-corrected chi connectivity index (χ2v) is 9.24. The molecule has 196 valence electrons. The molecule has 0 bridgehead atoms. The van der Waals surface area contributed by atoms with Crippen molar-refractivity contribution in [2.75, 3.05) is 11.9 Å². The van der Waals surface area contributed by atoms with Crippen molar-refractivity contribution in [2.24, 2.45) is 0 Å². The summed E-state index contributed by atoms with van der Waals surface area (Å²) in [5.41, 5.74) is 11.3. The average Bonchev–Trinajstić information content (AvgIpc) is 3.33. The molecule has 0 aliphatic heterocycles. The fraction of sp³-hybridized carbons (Fsp3) is 0.162. The quantitative estimate of drug-likeness (QED) is 0.214. The third-order valence-electron chi connectivity index (χ3n) is 6.93. The van der Waals surface area contributed by atoms with E-state index in [0.29, 0.717) is 0 Å². The van der Waals surface area contributed by atoms with Crippen molar-refractivity contribution >= 4 is 27.7 Å². The van der Waals surface area contributed by atoms with Crippen LogP contribution in [0.4, 0.5) is 11.4 Å². The van der Waals surface area contributed by atoms with Crippen molar-refractivity contribution in [1.82, 2.24) is 4.98 Å². The summed E-state index contributed by atoms with van der Waals surface area (Å²) in [7, 11) is 2.17. The van der Waals surface area contributed by atoms with E-state index in [4.69, 9.17) is 0 Å². The van der Waals surface area contributed by atoms with Gasteiger partial charge >= 0.3 is 0 Å². The van der Waals surface area contributed by atoms with Crippen LogP contribution in [-0.4, -0.2) is 12.0 Å². The highest BCUT2D eigenvalue weighted by atomic mass is 15.1. The molecule has 2 heteroatoms. The fourth-order valence-electron chi connectivity index (χ4n) is 5.23. The van der Waals surface area contributed by atoms with E-state index in [1.807, 2.05) is 38.1 Å². The topological polar surface area (TPSA) is 16.1 Å². The van der Waals surface area contributed by atoms with Crippen molar-refractivity contribution in [3.8, 4) is 22.3 Å². The number of allylic oxidation sites excluding steroid dienone is 3. The van der Waals surface area contributed by atoms with Crippen LogP contribution in [0.3, 0.4) is 0 Å². The maximum absolute atomic E-state index is 4.23. The van der Waals surface area contributed by atoms with Crippen molar-refractivity contribution in [1.29, 1.82) is 0 Å². The SMILES string of the molecule is C=C/C(=C\CC)c1ccccn1.CC.Cc1ccc2c(c1N(C)c1ccccc1)-c1cccc3cccc-2c13. The maximum Gasteiger partial charge on any atom is 0.0698 e. The van der Waals surface area contributed by atoms with E-state index in [1.54, 1.807) is 6.20 Å². The Balaban J connectivity index is 0.000000214. The van der Waals surface area contributed by atoms with Crippen molar-refractivity contribution < 1.29 is 0 Å². The first-order chi connectivity index (χ1) is 19.1. The minimum atomic E-state index is 0.995. The van der Waals surface area contributed by atoms with E-state index >= 15 is 0 Å². The van der Waals surface area contributed by atoms with Crippen LogP contribution in [0, 0.1) is 6.92 Å². The molecule has 2 nitrogen and oxygen atoms in total. The molecule has 5 aromatic rings. The van der Waals surface area contributed by atoms with Crippen LogP contribution in [0.15, 0.2) is 122 Å². The van der Waals surface area contributed by atoms with Crippen LogP contribution < -0.4 is 4.90 Å². The van der Waals surface area contributed by atoms with Gasteiger partial charge in [0.15, 0.2) is 0 Å². The van der Waals surface area contributed by atoms with Crippen LogP contribution >= 0.6 is 0 Å². The predicted octanol–water partition coefficient (Wildman–Crippen LogP) is 10.7. The molecule has 39 heavy (non-hydrogen) atoms. The normalized spacial score (nSPS) is 11.1. The van der Waals surface area contributed by atoms with Gasteiger partial charge in [-0.25, -0.2) is 0 Å². The van der Waals surface area contributed by atoms with Gasteiger partial charge in [-0.05, 0) is 76.2 Å². The molecule has 0 unspecified atom stereocenters. The average molecular weight is 511 g/mol. The standard InChI is InChI=1S/C24H19N.C11H13N.C2H6/c1-16-14-15-20-19-12-6-8-17-9-7-13-21(22(17)19)23(20)24(16)25(2)18-10-4-3-5-11-18;1-3-7-10(4-2)11-8-5-6-9-12-11;1-2/h3-15H,1-2H3;4-9H,2-3H2,1H3;1-2H3/b;10-7+;. The number of para-hydroxylation sites is 1. The summed E-state index contributed by atoms with van der Waals surface area (Å²) in [4.78, 5) is 6.55. The second-order valence-electron chi connectivity index (χ2n) is 9.24. The summed E-state index contributed by atoms with van der Waals surface area (Å²) in [6.07, 6.45) is 6.77. The Morgan fingerprint density at radius 3 is 2.13 bits per heavy atom. The lowest BCUT2D eigenvalue weighted by Gasteiger charge is -2.25. The third kappa shape index (κ3) is 5.56. The van der Waals surface area contributed by atoms with Gasteiger partial charge in [0.25, 0.3) is 0 Å². The molecule has 1 aliphatic rings. The van der Waals surface area contributed by atoms with E-state index in [0.717, 1.165) is 17.7 Å². The van der Waals surface area contributed by atoms with Crippen molar-refractivity contribution in [3.05, 3.63) is 133 Å². The molecular weight excluding hydrogens is 472 g/mol. The number of benzene rings is 4. The van der Waals surface area contributed by atoms with E-state index in [-0.39, 0.29) is 0 Å². The predicted molar refractivity (Wildman–Crippen MR) is 172 cm³/mol. The minimum absolute atomic E-state index is 0.995. The monoisotopic (exact) mass is 510 g/mol. The van der Waals surface area contributed by atoms with Crippen LogP contribution in [0.1, 0.15) is 38.4 Å². The van der Waals surface area contributed by atoms with Gasteiger partial charge in [0.2, 0.25) is 0 Å². The Morgan fingerprint density at radius 2 is 1.49 bits per heavy atom. The zero-order valence-corrected chi connectivity index (χ0v) is 23.8. The molecule has 4 aromatic carbocycles. The number of nitrogens with zero attached hydrogens (tertiary/aromatic N) is 2. The molecule has 0 N–H and O–H groups in total. The number of rotatable bonds is 5. The van der Waals surface area contributed by atoms with Crippen LogP contribution in [0.25, 0.3) is 38.6 Å². The summed E-state index contributed by atoms with van der Waals surface area (Å²) in [6.45, 7) is 12.1. The number of aryl methyl sites for hydroxylation is 1. The molecular formula is C37H38N2. The molecule has 0 amide bonds. The van der Waals surface area contributed by atoms with Gasteiger partial charge in [-0.3, -0.25) is 4.98 Å². The van der Waals surface area contributed by atoms with Crippen LogP contribution in [0.5, 0.6) is 0 Å². The lowest BCUT2D eigenvalue weighted by Crippen LogP contribution is -2.12. The van der Waals surface area contributed by atoms with Gasteiger partial charge in [-0.15, -0.1) is 0 Å². The number of anilines is 2. The largest absolute Gasteiger partial charge is 0.344 e. The number of hydrogen-bond donors (Lipinski definition) is 0. The number of pyridine rings is 1.